The second-order valence-corrected chi connectivity index (χ2v) is 11.1. The number of aliphatic hydroxyl groups excluding tert-OH is 5. The molecule has 17 heteroatoms. The van der Waals surface area contributed by atoms with Crippen molar-refractivity contribution in [2.75, 3.05) is 6.61 Å². The van der Waals surface area contributed by atoms with Crippen LogP contribution in [-0.4, -0.2) is 113 Å². The van der Waals surface area contributed by atoms with Crippen LogP contribution < -0.4 is 16.9 Å². The van der Waals surface area contributed by atoms with Gasteiger partial charge in [-0.3, -0.25) is 24.5 Å². The molecular weight excluding hydrogens is 576 g/mol. The second kappa shape index (κ2) is 14.3. The van der Waals surface area contributed by atoms with Crippen molar-refractivity contribution in [2.24, 2.45) is 0 Å². The Morgan fingerprint density at radius 1 is 0.953 bits per heavy atom. The lowest BCUT2D eigenvalue weighted by molar-refractivity contribution is -0.273. The summed E-state index contributed by atoms with van der Waals surface area (Å²) in [5.74, 6) is -0.581. The summed E-state index contributed by atoms with van der Waals surface area (Å²) in [6.45, 7) is 3.10. The molecule has 2 aliphatic heterocycles. The molecule has 4 heterocycles. The molecule has 2 aromatic heterocycles. The number of aromatic amines is 3. The number of aliphatic hydroxyl groups is 5. The Hall–Kier alpha value is -2.90. The lowest BCUT2D eigenvalue weighted by atomic mass is 9.98. The SMILES string of the molecule is C[C@H](CCCCCCC(=O)OC[C@H]1O[C@@H](n2c(=O)[nH]c(=O)c3[nH]c(=O)[nH]c32)[C@H](O)[C@@H](O)[C@@H]1O)O[C@@H]1O[C@@H](C)[C@H](O)C[C@H]1O. The minimum atomic E-state index is -1.84. The van der Waals surface area contributed by atoms with Crippen LogP contribution >= 0.6 is 0 Å². The summed E-state index contributed by atoms with van der Waals surface area (Å²) in [4.78, 5) is 55.1. The molecule has 10 atom stereocenters. The van der Waals surface area contributed by atoms with E-state index in [2.05, 4.69) is 9.97 Å². The monoisotopic (exact) mass is 616 g/mol. The first-order valence-corrected chi connectivity index (χ1v) is 14.4. The zero-order valence-corrected chi connectivity index (χ0v) is 23.9. The highest BCUT2D eigenvalue weighted by molar-refractivity contribution is 5.69. The second-order valence-electron chi connectivity index (χ2n) is 11.1. The fourth-order valence-corrected chi connectivity index (χ4v) is 5.23. The number of aromatic nitrogens is 4. The number of nitrogens with one attached hydrogen (secondary N) is 3. The third kappa shape index (κ3) is 7.79. The Bertz CT molecular complexity index is 1400. The van der Waals surface area contributed by atoms with Crippen LogP contribution in [0.2, 0.25) is 0 Å². The Labute approximate surface area is 244 Å². The van der Waals surface area contributed by atoms with E-state index < -0.39 is 84.8 Å². The van der Waals surface area contributed by atoms with Gasteiger partial charge in [-0.2, -0.15) is 0 Å². The molecule has 4 rings (SSSR count). The third-order valence-corrected chi connectivity index (χ3v) is 7.76. The molecule has 0 spiro atoms. The molecule has 0 unspecified atom stereocenters. The van der Waals surface area contributed by atoms with Crippen molar-refractivity contribution >= 4 is 17.1 Å². The van der Waals surface area contributed by atoms with Crippen LogP contribution in [0.3, 0.4) is 0 Å². The average molecular weight is 617 g/mol. The maximum Gasteiger partial charge on any atom is 0.332 e. The van der Waals surface area contributed by atoms with E-state index in [-0.39, 0.29) is 30.1 Å². The lowest BCUT2D eigenvalue weighted by Crippen LogP contribution is -2.58. The van der Waals surface area contributed by atoms with Crippen molar-refractivity contribution in [1.82, 2.24) is 19.5 Å². The van der Waals surface area contributed by atoms with Crippen molar-refractivity contribution in [2.45, 2.75) is 120 Å². The topological polar surface area (TPSA) is 259 Å². The number of carbonyl (C=O) groups is 1. The minimum absolute atomic E-state index is 0.0797. The number of ether oxygens (including phenoxy) is 4. The van der Waals surface area contributed by atoms with Gasteiger partial charge in [0.2, 0.25) is 0 Å². The Kier molecular flexibility index (Phi) is 10.9. The summed E-state index contributed by atoms with van der Waals surface area (Å²) in [6, 6.07) is 0. The first-order valence-electron chi connectivity index (χ1n) is 14.4. The number of esters is 1. The molecule has 0 radical (unpaired) electrons. The van der Waals surface area contributed by atoms with Crippen molar-refractivity contribution in [1.29, 1.82) is 0 Å². The van der Waals surface area contributed by atoms with Crippen LogP contribution in [0.4, 0.5) is 0 Å². The van der Waals surface area contributed by atoms with Gasteiger partial charge in [-0.05, 0) is 26.7 Å². The molecule has 0 bridgehead atoms. The molecule has 0 amide bonds. The molecule has 2 saturated heterocycles. The zero-order chi connectivity index (χ0) is 31.4. The molecule has 2 fully saturated rings. The lowest BCUT2D eigenvalue weighted by Gasteiger charge is -2.40. The van der Waals surface area contributed by atoms with E-state index >= 15 is 0 Å². The molecule has 0 saturated carbocycles. The third-order valence-electron chi connectivity index (χ3n) is 7.76. The number of rotatable bonds is 12. The predicted octanol–water partition coefficient (Wildman–Crippen LogP) is -2.17. The van der Waals surface area contributed by atoms with E-state index in [9.17, 15) is 44.7 Å². The van der Waals surface area contributed by atoms with Crippen molar-refractivity contribution in [3.8, 4) is 0 Å². The van der Waals surface area contributed by atoms with Gasteiger partial charge >= 0.3 is 17.3 Å². The highest BCUT2D eigenvalue weighted by atomic mass is 16.7. The summed E-state index contributed by atoms with van der Waals surface area (Å²) in [7, 11) is 0. The number of unbranched alkanes of at least 4 members (excludes halogenated alkanes) is 3. The molecule has 17 nitrogen and oxygen atoms in total. The molecule has 0 aliphatic carbocycles. The summed E-state index contributed by atoms with van der Waals surface area (Å²) < 4.78 is 22.9. The first-order chi connectivity index (χ1) is 20.4. The van der Waals surface area contributed by atoms with Gasteiger partial charge < -0.3 is 44.5 Å². The summed E-state index contributed by atoms with van der Waals surface area (Å²) >= 11 is 0. The van der Waals surface area contributed by atoms with Crippen LogP contribution in [0.5, 0.6) is 0 Å². The summed E-state index contributed by atoms with van der Waals surface area (Å²) in [5.41, 5.74) is -3.33. The van der Waals surface area contributed by atoms with Crippen LogP contribution in [0.1, 0.15) is 65.0 Å². The van der Waals surface area contributed by atoms with Gasteiger partial charge in [0.15, 0.2) is 23.7 Å². The van der Waals surface area contributed by atoms with Gasteiger partial charge in [-0.1, -0.05) is 19.3 Å². The van der Waals surface area contributed by atoms with Crippen molar-refractivity contribution in [3.63, 3.8) is 0 Å². The number of nitrogens with zero attached hydrogens (tertiary/aromatic N) is 1. The van der Waals surface area contributed by atoms with Gasteiger partial charge in [0.25, 0.3) is 5.56 Å². The first kappa shape index (κ1) is 33.0. The smallest absolute Gasteiger partial charge is 0.332 e. The number of carbonyl (C=O) groups excluding carboxylic acids is 1. The van der Waals surface area contributed by atoms with Crippen molar-refractivity contribution in [3.05, 3.63) is 31.3 Å². The van der Waals surface area contributed by atoms with Crippen LogP contribution in [0.25, 0.3) is 11.2 Å². The maximum atomic E-state index is 12.5. The molecule has 2 aliphatic rings. The number of hydrogen-bond donors (Lipinski definition) is 8. The highest BCUT2D eigenvalue weighted by Gasteiger charge is 2.46. The standard InChI is InChI=1S/C26H40N4O13/c1-11(41-24-14(32)9-13(31)12(2)42-24)7-5-3-4-6-8-16(33)40-10-15-18(34)19(35)20(36)23(43-15)30-21-17(27-25(38)28-21)22(37)29-26(30)39/h11-15,18-20,23-24,31-32,34-36H,3-10H2,1-2H3,(H2,27,28,38)(H,29,37,39)/t11-,12+,13-,14-,15-,18-,19+,20-,23-,24-/m1/s1. The van der Waals surface area contributed by atoms with E-state index in [4.69, 9.17) is 18.9 Å². The van der Waals surface area contributed by atoms with Gasteiger partial charge in [-0.25, -0.2) is 14.2 Å². The number of fused-ring (bicyclic) bond motifs is 1. The Morgan fingerprint density at radius 3 is 2.42 bits per heavy atom. The fourth-order valence-electron chi connectivity index (χ4n) is 5.23. The molecule has 8 N–H and O–H groups in total. The minimum Gasteiger partial charge on any atom is -0.463 e. The van der Waals surface area contributed by atoms with Crippen LogP contribution in [0, 0.1) is 0 Å². The Balaban J connectivity index is 1.20. The quantitative estimate of drug-likeness (QED) is 0.0934. The average Bonchev–Trinajstić information content (AvgIpc) is 3.34. The highest BCUT2D eigenvalue weighted by Crippen LogP contribution is 2.29. The Morgan fingerprint density at radius 2 is 1.67 bits per heavy atom. The maximum absolute atomic E-state index is 12.5. The number of imidazole rings is 1. The number of H-pyrrole nitrogens is 3. The summed E-state index contributed by atoms with van der Waals surface area (Å²) in [5, 5.41) is 51.1. The van der Waals surface area contributed by atoms with E-state index in [0.717, 1.165) is 23.8 Å². The van der Waals surface area contributed by atoms with E-state index in [0.29, 0.717) is 12.8 Å². The van der Waals surface area contributed by atoms with Crippen molar-refractivity contribution < 1.29 is 49.3 Å². The molecule has 43 heavy (non-hydrogen) atoms. The summed E-state index contributed by atoms with van der Waals surface area (Å²) in [6.07, 6.45) is -7.46. The van der Waals surface area contributed by atoms with Gasteiger partial charge in [0.05, 0.1) is 18.3 Å². The van der Waals surface area contributed by atoms with Gasteiger partial charge in [-0.15, -0.1) is 0 Å². The number of hydrogen-bond acceptors (Lipinski definition) is 13. The van der Waals surface area contributed by atoms with E-state index in [1.807, 2.05) is 11.9 Å². The zero-order valence-electron chi connectivity index (χ0n) is 23.9. The molecular formula is C26H40N4O13. The van der Waals surface area contributed by atoms with E-state index in [1.165, 1.54) is 0 Å². The predicted molar refractivity (Wildman–Crippen MR) is 146 cm³/mol. The normalized spacial score (nSPS) is 32.1. The van der Waals surface area contributed by atoms with Crippen LogP contribution in [-0.2, 0) is 23.7 Å². The largest absolute Gasteiger partial charge is 0.463 e. The fraction of sp³-hybridized carbons (Fsp3) is 0.769. The molecule has 0 aromatic carbocycles. The van der Waals surface area contributed by atoms with Gasteiger partial charge in [0, 0.05) is 12.8 Å². The molecule has 2 aromatic rings. The van der Waals surface area contributed by atoms with Crippen LogP contribution in [0.15, 0.2) is 14.4 Å². The van der Waals surface area contributed by atoms with Gasteiger partial charge in [0.1, 0.15) is 37.1 Å². The molecule has 242 valence electrons. The van der Waals surface area contributed by atoms with E-state index in [1.54, 1.807) is 6.92 Å².